The summed E-state index contributed by atoms with van der Waals surface area (Å²) in [7, 11) is 0. The second kappa shape index (κ2) is 12.3. The molecule has 0 N–H and O–H groups in total. The molecule has 254 valence electrons. The summed E-state index contributed by atoms with van der Waals surface area (Å²) in [5.41, 5.74) is 13.2. The van der Waals surface area contributed by atoms with Gasteiger partial charge in [-0.2, -0.15) is 0 Å². The van der Waals surface area contributed by atoms with Crippen molar-refractivity contribution in [2.45, 2.75) is 0 Å². The maximum atomic E-state index is 6.55. The van der Waals surface area contributed by atoms with Gasteiger partial charge in [0.1, 0.15) is 21.8 Å². The second-order valence-electron chi connectivity index (χ2n) is 13.5. The monoisotopic (exact) mass is 710 g/mol. The number of para-hydroxylation sites is 2. The summed E-state index contributed by atoms with van der Waals surface area (Å²) in [6.45, 7) is 0. The van der Waals surface area contributed by atoms with Gasteiger partial charge in [0.05, 0.1) is 21.3 Å². The summed E-state index contributed by atoms with van der Waals surface area (Å²) in [6.07, 6.45) is 0. The number of hydrogen-bond acceptors (Lipinski definition) is 5. The molecule has 0 atom stereocenters. The first-order valence-corrected chi connectivity index (χ1v) is 18.8. The van der Waals surface area contributed by atoms with Crippen molar-refractivity contribution in [3.05, 3.63) is 182 Å². The van der Waals surface area contributed by atoms with Crippen molar-refractivity contribution in [2.75, 3.05) is 4.90 Å². The highest BCUT2D eigenvalue weighted by atomic mass is 32.1. The molecule has 0 fully saturated rings. The average Bonchev–Trinajstić information content (AvgIpc) is 3.96. The Kier molecular flexibility index (Phi) is 7.00. The zero-order chi connectivity index (χ0) is 35.6. The van der Waals surface area contributed by atoms with E-state index in [2.05, 4.69) is 163 Å². The molecule has 0 unspecified atom stereocenters. The van der Waals surface area contributed by atoms with Crippen molar-refractivity contribution in [1.29, 1.82) is 0 Å². The van der Waals surface area contributed by atoms with Crippen molar-refractivity contribution in [3.63, 3.8) is 0 Å². The Hall–Kier alpha value is -6.95. The highest BCUT2D eigenvalue weighted by Crippen LogP contribution is 2.44. The van der Waals surface area contributed by atoms with Crippen LogP contribution in [0.3, 0.4) is 0 Å². The van der Waals surface area contributed by atoms with E-state index in [1.54, 1.807) is 11.3 Å². The molecule has 0 aliphatic carbocycles. The number of nitrogens with zero attached hydrogens (tertiary/aromatic N) is 2. The Morgan fingerprint density at radius 2 is 1.06 bits per heavy atom. The van der Waals surface area contributed by atoms with Gasteiger partial charge in [0, 0.05) is 33.1 Å². The molecular weight excluding hydrogens is 681 g/mol. The molecule has 3 aromatic heterocycles. The predicted molar refractivity (Wildman–Crippen MR) is 225 cm³/mol. The fraction of sp³-hybridized carbons (Fsp3) is 0. The third-order valence-electron chi connectivity index (χ3n) is 10.3. The van der Waals surface area contributed by atoms with E-state index in [1.165, 1.54) is 11.1 Å². The molecule has 0 amide bonds. The maximum Gasteiger partial charge on any atom is 0.159 e. The van der Waals surface area contributed by atoms with Crippen molar-refractivity contribution >= 4 is 82.5 Å². The molecule has 11 rings (SSSR count). The maximum absolute atomic E-state index is 6.55. The first-order chi connectivity index (χ1) is 26.7. The zero-order valence-electron chi connectivity index (χ0n) is 28.9. The van der Waals surface area contributed by atoms with E-state index >= 15 is 0 Å². The number of hydrogen-bond donors (Lipinski definition) is 0. The van der Waals surface area contributed by atoms with Gasteiger partial charge in [-0.25, -0.2) is 4.98 Å². The number of rotatable bonds is 6. The van der Waals surface area contributed by atoms with Crippen molar-refractivity contribution < 1.29 is 8.83 Å². The van der Waals surface area contributed by atoms with Crippen molar-refractivity contribution in [2.24, 2.45) is 0 Å². The van der Waals surface area contributed by atoms with Crippen LogP contribution in [0.25, 0.3) is 86.9 Å². The lowest BCUT2D eigenvalue weighted by molar-refractivity contribution is 0.669. The molecule has 0 radical (unpaired) electrons. The number of benzene rings is 8. The molecule has 0 spiro atoms. The molecule has 8 aromatic carbocycles. The smallest absolute Gasteiger partial charge is 0.159 e. The molecule has 0 aliphatic rings. The van der Waals surface area contributed by atoms with E-state index < -0.39 is 0 Å². The highest BCUT2D eigenvalue weighted by molar-refractivity contribution is 7.21. The zero-order valence-corrected chi connectivity index (χ0v) is 29.8. The molecule has 4 nitrogen and oxygen atoms in total. The molecular formula is C49H30N2O2S. The van der Waals surface area contributed by atoms with Crippen LogP contribution in [0.4, 0.5) is 17.1 Å². The summed E-state index contributed by atoms with van der Waals surface area (Å²) >= 11 is 1.72. The molecule has 5 heteroatoms. The third kappa shape index (κ3) is 5.01. The van der Waals surface area contributed by atoms with Gasteiger partial charge in [-0.15, -0.1) is 11.3 Å². The fourth-order valence-corrected chi connectivity index (χ4v) is 8.69. The molecule has 0 aliphatic heterocycles. The Morgan fingerprint density at radius 1 is 0.426 bits per heavy atom. The molecule has 3 heterocycles. The second-order valence-corrected chi connectivity index (χ2v) is 14.6. The summed E-state index contributed by atoms with van der Waals surface area (Å²) < 4.78 is 14.2. The van der Waals surface area contributed by atoms with Crippen LogP contribution in [0.1, 0.15) is 0 Å². The minimum absolute atomic E-state index is 0.851. The first kappa shape index (κ1) is 30.7. The lowest BCUT2D eigenvalue weighted by Gasteiger charge is -2.26. The average molecular weight is 711 g/mol. The van der Waals surface area contributed by atoms with Gasteiger partial charge < -0.3 is 13.7 Å². The molecule has 11 aromatic rings. The van der Waals surface area contributed by atoms with Crippen LogP contribution < -0.4 is 4.90 Å². The Bertz CT molecular complexity index is 3140. The van der Waals surface area contributed by atoms with Gasteiger partial charge in [0.25, 0.3) is 0 Å². The quantitative estimate of drug-likeness (QED) is 0.172. The van der Waals surface area contributed by atoms with Crippen LogP contribution in [0, 0.1) is 0 Å². The van der Waals surface area contributed by atoms with Crippen molar-refractivity contribution in [3.8, 4) is 32.8 Å². The number of furan rings is 2. The number of thiazole rings is 1. The summed E-state index contributed by atoms with van der Waals surface area (Å²) in [6, 6.07) is 63.7. The van der Waals surface area contributed by atoms with Crippen LogP contribution in [0.2, 0.25) is 0 Å². The van der Waals surface area contributed by atoms with Crippen LogP contribution in [-0.4, -0.2) is 4.98 Å². The number of aromatic nitrogens is 1. The lowest BCUT2D eigenvalue weighted by atomic mass is 10.0. The minimum Gasteiger partial charge on any atom is -0.456 e. The predicted octanol–water partition coefficient (Wildman–Crippen LogP) is 14.6. The number of fused-ring (bicyclic) bond motifs is 8. The molecule has 0 saturated heterocycles. The van der Waals surface area contributed by atoms with E-state index in [1.807, 2.05) is 24.3 Å². The Balaban J connectivity index is 0.997. The van der Waals surface area contributed by atoms with Crippen LogP contribution in [0.15, 0.2) is 191 Å². The highest BCUT2D eigenvalue weighted by Gasteiger charge is 2.20. The van der Waals surface area contributed by atoms with Gasteiger partial charge >= 0.3 is 0 Å². The minimum atomic E-state index is 0.851. The number of anilines is 3. The van der Waals surface area contributed by atoms with Crippen molar-refractivity contribution in [1.82, 2.24) is 4.98 Å². The van der Waals surface area contributed by atoms with E-state index in [4.69, 9.17) is 13.8 Å². The lowest BCUT2D eigenvalue weighted by Crippen LogP contribution is -2.10. The SMILES string of the molecule is c1ccc(-c2ccc(N(c3ccc(-c4ccc5c(c4)oc4ccc6sc(-c7ccccc7)nc6c45)cc3)c3cccc4c3oc3ccccc34)cc2)cc1. The van der Waals surface area contributed by atoms with Crippen LogP contribution in [-0.2, 0) is 0 Å². The van der Waals surface area contributed by atoms with Crippen LogP contribution >= 0.6 is 11.3 Å². The Morgan fingerprint density at radius 3 is 1.81 bits per heavy atom. The van der Waals surface area contributed by atoms with Gasteiger partial charge in [-0.1, -0.05) is 121 Å². The molecule has 0 saturated carbocycles. The largest absolute Gasteiger partial charge is 0.456 e. The first-order valence-electron chi connectivity index (χ1n) is 18.0. The summed E-state index contributed by atoms with van der Waals surface area (Å²) in [5.74, 6) is 0. The summed E-state index contributed by atoms with van der Waals surface area (Å²) in [5, 5.41) is 5.36. The van der Waals surface area contributed by atoms with E-state index in [-0.39, 0.29) is 0 Å². The van der Waals surface area contributed by atoms with Gasteiger partial charge in [0.15, 0.2) is 5.58 Å². The molecule has 0 bridgehead atoms. The normalized spacial score (nSPS) is 11.7. The standard InChI is InChI=1S/C49H30N2O2S/c1-3-10-31(11-4-1)32-18-23-36(24-19-32)51(41-16-9-15-39-38-14-7-8-17-42(38)53-48(39)41)37-25-20-33(21-26-37)35-22-27-40-44(30-35)52-43-28-29-45-47(46(40)43)50-49(54-45)34-12-5-2-6-13-34/h1-30H. The van der Waals surface area contributed by atoms with Gasteiger partial charge in [-0.05, 0) is 82.9 Å². The van der Waals surface area contributed by atoms with Gasteiger partial charge in [0.2, 0.25) is 0 Å². The summed E-state index contributed by atoms with van der Waals surface area (Å²) in [4.78, 5) is 7.37. The topological polar surface area (TPSA) is 42.4 Å². The van der Waals surface area contributed by atoms with E-state index in [0.717, 1.165) is 92.9 Å². The van der Waals surface area contributed by atoms with Crippen LogP contribution in [0.5, 0.6) is 0 Å². The molecule has 54 heavy (non-hydrogen) atoms. The fourth-order valence-electron chi connectivity index (χ4n) is 7.71. The van der Waals surface area contributed by atoms with E-state index in [9.17, 15) is 0 Å². The third-order valence-corrected chi connectivity index (χ3v) is 11.4. The van der Waals surface area contributed by atoms with E-state index in [0.29, 0.717) is 0 Å². The Labute approximate surface area is 314 Å². The van der Waals surface area contributed by atoms with Gasteiger partial charge in [-0.3, -0.25) is 0 Å².